The first kappa shape index (κ1) is 43.3. The molecule has 0 bridgehead atoms. The number of benzene rings is 2. The number of hydrogen-bond donors (Lipinski definition) is 4. The van der Waals surface area contributed by atoms with Crippen molar-refractivity contribution in [1.29, 1.82) is 0 Å². The molecule has 12 rings (SSSR count). The van der Waals surface area contributed by atoms with Crippen LogP contribution in [0.1, 0.15) is 97.9 Å². The summed E-state index contributed by atoms with van der Waals surface area (Å²) in [5.74, 6) is 6.63. The van der Waals surface area contributed by atoms with Crippen LogP contribution in [0.3, 0.4) is 0 Å². The standard InChI is InChI=1S/C23H27N7O2.C15H21N5O2.C9H8ClN/c1-14-11-29(13-20-25-17-4-2-3-5-18(17)26-20)12-16(14)21-27-23(31)19-10-24-22(30(19)28-21)15-6-8-32-9-7-15;1-9-6-16-7-11(9)13-18-15(21)12-8-17-14(20(12)19-13)10-2-4-22-5-3-10;10-6-8-5-7-3-1-2-4-9(7)11-8/h2-5,10,14-16H,6-9,11-13H2,1H3,(H,25,26)(H,27,28,31);8-11,16H,2-7H2,1H3,(H,18,19,21);1-4H,5-6H2. The number of alkyl halides is 1. The number of halogens is 1. The van der Waals surface area contributed by atoms with Gasteiger partial charge in [0.25, 0.3) is 11.1 Å². The molecule has 0 radical (unpaired) electrons. The van der Waals surface area contributed by atoms with Crippen molar-refractivity contribution in [2.24, 2.45) is 16.8 Å². The number of likely N-dealkylation sites (tertiary alicyclic amines) is 1. The number of aromatic nitrogens is 10. The zero-order chi connectivity index (χ0) is 44.4. The summed E-state index contributed by atoms with van der Waals surface area (Å²) < 4.78 is 14.4. The number of imidazole rings is 3. The SMILES string of the molecule is CC1CN(Cc2nc3ccccc3[nH]2)CC1c1nn2c(C3CCOCC3)ncc2c(=O)[nH]1.CC1CNCC1c1nn2c(C3CCOCC3)ncc2c(=O)[nH]1.ClCC1=Nc2ccccc2C1. The molecule has 0 spiro atoms. The van der Waals surface area contributed by atoms with Gasteiger partial charge in [0.2, 0.25) is 0 Å². The van der Waals surface area contributed by atoms with Gasteiger partial charge in [0.05, 0.1) is 41.5 Å². The Labute approximate surface area is 380 Å². The van der Waals surface area contributed by atoms with Crippen molar-refractivity contribution in [3.05, 3.63) is 116 Å². The molecule has 5 aliphatic rings. The summed E-state index contributed by atoms with van der Waals surface area (Å²) in [6.07, 6.45) is 7.90. The monoisotopic (exact) mass is 901 g/mol. The fourth-order valence-corrected chi connectivity index (χ4v) is 10.1. The topological polar surface area (TPSA) is 201 Å². The summed E-state index contributed by atoms with van der Waals surface area (Å²) in [5.41, 5.74) is 6.33. The summed E-state index contributed by atoms with van der Waals surface area (Å²) in [5, 5.41) is 13.0. The highest BCUT2D eigenvalue weighted by Gasteiger charge is 2.34. The molecule has 7 aromatic rings. The van der Waals surface area contributed by atoms with Gasteiger partial charge in [-0.25, -0.2) is 24.0 Å². The van der Waals surface area contributed by atoms with Gasteiger partial charge in [-0.2, -0.15) is 10.2 Å². The van der Waals surface area contributed by atoms with Gasteiger partial charge < -0.3 is 29.7 Å². The average molecular weight is 903 g/mol. The summed E-state index contributed by atoms with van der Waals surface area (Å²) in [6.45, 7) is 11.7. The molecular weight excluding hydrogens is 846 g/mol. The van der Waals surface area contributed by atoms with Crippen molar-refractivity contribution in [2.75, 3.05) is 58.5 Å². The van der Waals surface area contributed by atoms with Gasteiger partial charge in [-0.15, -0.1) is 11.6 Å². The number of hydrogen-bond acceptors (Lipinski definition) is 12. The van der Waals surface area contributed by atoms with E-state index in [1.807, 2.05) is 42.5 Å². The van der Waals surface area contributed by atoms with E-state index in [9.17, 15) is 9.59 Å². The van der Waals surface area contributed by atoms with Crippen LogP contribution in [-0.2, 0) is 22.4 Å². The highest BCUT2D eigenvalue weighted by molar-refractivity contribution is 6.29. The van der Waals surface area contributed by atoms with E-state index >= 15 is 0 Å². The second-order valence-corrected chi connectivity index (χ2v) is 18.4. The van der Waals surface area contributed by atoms with Gasteiger partial charge in [0, 0.05) is 81.9 Å². The van der Waals surface area contributed by atoms with E-state index in [-0.39, 0.29) is 28.9 Å². The van der Waals surface area contributed by atoms with E-state index in [0.717, 1.165) is 143 Å². The molecule has 340 valence electrons. The second-order valence-electron chi connectivity index (χ2n) is 18.1. The first-order chi connectivity index (χ1) is 31.8. The van der Waals surface area contributed by atoms with E-state index in [4.69, 9.17) is 36.3 Å². The highest BCUT2D eigenvalue weighted by Crippen LogP contribution is 2.33. The van der Waals surface area contributed by atoms with Crippen LogP contribution in [0.15, 0.2) is 75.5 Å². The van der Waals surface area contributed by atoms with Crippen LogP contribution >= 0.6 is 11.6 Å². The number of aromatic amines is 3. The summed E-state index contributed by atoms with van der Waals surface area (Å²) in [6, 6.07) is 16.2. The zero-order valence-corrected chi connectivity index (χ0v) is 37.6. The predicted molar refractivity (Wildman–Crippen MR) is 249 cm³/mol. The quantitative estimate of drug-likeness (QED) is 0.145. The normalized spacial score (nSPS) is 22.8. The maximum atomic E-state index is 12.8. The Kier molecular flexibility index (Phi) is 12.7. The first-order valence-corrected chi connectivity index (χ1v) is 23.5. The van der Waals surface area contributed by atoms with Gasteiger partial charge in [0.1, 0.15) is 29.1 Å². The van der Waals surface area contributed by atoms with Crippen LogP contribution in [0.4, 0.5) is 5.69 Å². The molecule has 4 fully saturated rings. The van der Waals surface area contributed by atoms with Crippen LogP contribution in [0.2, 0.25) is 0 Å². The van der Waals surface area contributed by atoms with E-state index in [0.29, 0.717) is 34.7 Å². The van der Waals surface area contributed by atoms with E-state index in [2.05, 4.69) is 60.0 Å². The number of rotatable bonds is 7. The molecule has 0 amide bonds. The van der Waals surface area contributed by atoms with Crippen molar-refractivity contribution in [3.63, 3.8) is 0 Å². The summed E-state index contributed by atoms with van der Waals surface area (Å²) in [4.78, 5) is 55.1. The minimum atomic E-state index is -0.122. The molecule has 17 nitrogen and oxygen atoms in total. The zero-order valence-electron chi connectivity index (χ0n) is 36.9. The molecule has 4 atom stereocenters. The molecule has 4 saturated heterocycles. The van der Waals surface area contributed by atoms with Crippen molar-refractivity contribution in [3.8, 4) is 0 Å². The average Bonchev–Trinajstić information content (AvgIpc) is 4.20. The van der Waals surface area contributed by atoms with Gasteiger partial charge in [0.15, 0.2) is 11.0 Å². The fraction of sp³-hybridized carbons (Fsp3) is 0.489. The Balaban J connectivity index is 0.000000129. The van der Waals surface area contributed by atoms with Crippen molar-refractivity contribution >= 4 is 45.1 Å². The molecule has 5 aliphatic heterocycles. The van der Waals surface area contributed by atoms with Crippen molar-refractivity contribution in [2.45, 2.75) is 76.2 Å². The number of aliphatic imine (C=N–C) groups is 1. The minimum absolute atomic E-state index is 0.102. The van der Waals surface area contributed by atoms with Crippen LogP contribution in [0.25, 0.3) is 22.1 Å². The molecule has 2 aromatic carbocycles. The molecule has 0 aliphatic carbocycles. The Morgan fingerprint density at radius 2 is 1.34 bits per heavy atom. The maximum absolute atomic E-state index is 12.8. The third kappa shape index (κ3) is 9.16. The highest BCUT2D eigenvalue weighted by atomic mass is 35.5. The molecule has 4 unspecified atom stereocenters. The molecule has 5 aromatic heterocycles. The molecular formula is C47H56ClN13O4. The second kappa shape index (κ2) is 19.1. The lowest BCUT2D eigenvalue weighted by atomic mass is 9.97. The number of nitrogens with one attached hydrogen (secondary N) is 4. The minimum Gasteiger partial charge on any atom is -0.381 e. The molecule has 18 heteroatoms. The Morgan fingerprint density at radius 3 is 1.94 bits per heavy atom. The number of ether oxygens (including phenoxy) is 2. The molecule has 10 heterocycles. The predicted octanol–water partition coefficient (Wildman–Crippen LogP) is 5.61. The lowest BCUT2D eigenvalue weighted by Crippen LogP contribution is -2.24. The van der Waals surface area contributed by atoms with E-state index in [1.165, 1.54) is 5.56 Å². The Morgan fingerprint density at radius 1 is 0.723 bits per heavy atom. The molecule has 65 heavy (non-hydrogen) atoms. The third-order valence-corrected chi connectivity index (χ3v) is 13.9. The molecule has 0 saturated carbocycles. The number of para-hydroxylation sites is 3. The van der Waals surface area contributed by atoms with Crippen LogP contribution in [-0.4, -0.2) is 118 Å². The first-order valence-electron chi connectivity index (χ1n) is 23.0. The van der Waals surface area contributed by atoms with E-state index < -0.39 is 0 Å². The number of fused-ring (bicyclic) bond motifs is 4. The summed E-state index contributed by atoms with van der Waals surface area (Å²) in [7, 11) is 0. The van der Waals surface area contributed by atoms with Gasteiger partial charge in [-0.1, -0.05) is 44.2 Å². The number of H-pyrrole nitrogens is 3. The smallest absolute Gasteiger partial charge is 0.276 e. The van der Waals surface area contributed by atoms with Crippen LogP contribution < -0.4 is 16.4 Å². The Bertz CT molecular complexity index is 2890. The van der Waals surface area contributed by atoms with Crippen LogP contribution in [0, 0.1) is 11.8 Å². The molecule has 4 N–H and O–H groups in total. The fourth-order valence-electron chi connectivity index (χ4n) is 9.96. The van der Waals surface area contributed by atoms with Crippen molar-refractivity contribution in [1.82, 2.24) is 59.3 Å². The van der Waals surface area contributed by atoms with Gasteiger partial charge in [-0.05, 0) is 67.8 Å². The Hall–Kier alpha value is -5.59. The number of nitrogens with zero attached hydrogens (tertiary/aromatic N) is 9. The van der Waals surface area contributed by atoms with Gasteiger partial charge in [-0.3, -0.25) is 19.5 Å². The maximum Gasteiger partial charge on any atom is 0.276 e. The largest absolute Gasteiger partial charge is 0.381 e. The van der Waals surface area contributed by atoms with Gasteiger partial charge >= 0.3 is 0 Å². The van der Waals surface area contributed by atoms with Crippen LogP contribution in [0.5, 0.6) is 0 Å². The van der Waals surface area contributed by atoms with E-state index in [1.54, 1.807) is 21.4 Å². The third-order valence-electron chi connectivity index (χ3n) is 13.6. The summed E-state index contributed by atoms with van der Waals surface area (Å²) >= 11 is 5.67. The lowest BCUT2D eigenvalue weighted by Gasteiger charge is -2.21. The van der Waals surface area contributed by atoms with Crippen molar-refractivity contribution < 1.29 is 9.47 Å². The lowest BCUT2D eigenvalue weighted by molar-refractivity contribution is 0.0831.